The van der Waals surface area contributed by atoms with Gasteiger partial charge in [0.2, 0.25) is 0 Å². The Morgan fingerprint density at radius 1 is 1.07 bits per heavy atom. The number of hydrogen-bond acceptors (Lipinski definition) is 7. The quantitative estimate of drug-likeness (QED) is 0.546. The van der Waals surface area contributed by atoms with Crippen molar-refractivity contribution in [3.05, 3.63) is 59.9 Å². The number of rotatable bonds is 5. The third kappa shape index (κ3) is 4.63. The Bertz CT molecular complexity index is 844. The lowest BCUT2D eigenvalue weighted by Gasteiger charge is -2.38. The summed E-state index contributed by atoms with van der Waals surface area (Å²) in [4.78, 5) is 12.3. The maximum Gasteiger partial charge on any atom is 0.313 e. The van der Waals surface area contributed by atoms with Crippen LogP contribution in [0.2, 0.25) is 0 Å². The normalized spacial score (nSPS) is 28.0. The Morgan fingerprint density at radius 2 is 1.76 bits per heavy atom. The summed E-state index contributed by atoms with van der Waals surface area (Å²) in [6, 6.07) is 13.5. The summed E-state index contributed by atoms with van der Waals surface area (Å²) in [5, 5.41) is 38.5. The highest BCUT2D eigenvalue weighted by Gasteiger charge is 2.43. The molecule has 0 spiro atoms. The fourth-order valence-corrected chi connectivity index (χ4v) is 3.15. The fraction of sp³-hybridized carbons (Fsp3) is 0.381. The predicted octanol–water partition coefficient (Wildman–Crippen LogP) is 0.939. The standard InChI is InChI=1S/C21H23FO7/c1-11(13-7-8-14(15(22)9-13)12-5-3-2-4-6-12)20(26)28-10-16-17(23)18(24)19(25)21(27)29-16/h2-9,11,16-19,21,23-25,27H,10H2,1H3/t11?,16?,17-,18-,19?,21+/m0/s1. The zero-order valence-corrected chi connectivity index (χ0v) is 15.7. The van der Waals surface area contributed by atoms with Crippen LogP contribution >= 0.6 is 0 Å². The van der Waals surface area contributed by atoms with Crippen LogP contribution in [0.3, 0.4) is 0 Å². The molecular formula is C21H23FO7. The maximum absolute atomic E-state index is 14.5. The minimum absolute atomic E-state index is 0.410. The Morgan fingerprint density at radius 3 is 2.41 bits per heavy atom. The molecule has 1 aliphatic rings. The van der Waals surface area contributed by atoms with E-state index in [0.29, 0.717) is 11.1 Å². The van der Waals surface area contributed by atoms with Crippen molar-refractivity contribution in [2.45, 2.75) is 43.5 Å². The number of carbonyl (C=O) groups is 1. The number of ether oxygens (including phenoxy) is 2. The lowest BCUT2D eigenvalue weighted by molar-refractivity contribution is -0.287. The van der Waals surface area contributed by atoms with Crippen molar-refractivity contribution in [2.24, 2.45) is 0 Å². The van der Waals surface area contributed by atoms with Crippen LogP contribution < -0.4 is 0 Å². The van der Waals surface area contributed by atoms with Crippen LogP contribution in [0.15, 0.2) is 48.5 Å². The number of carbonyl (C=O) groups excluding carboxylic acids is 1. The molecule has 8 heteroatoms. The summed E-state index contributed by atoms with van der Waals surface area (Å²) in [5.74, 6) is -1.96. The van der Waals surface area contributed by atoms with Gasteiger partial charge in [-0.3, -0.25) is 4.79 Å². The van der Waals surface area contributed by atoms with E-state index in [9.17, 15) is 29.6 Å². The number of hydrogen-bond donors (Lipinski definition) is 4. The Labute approximate surface area is 166 Å². The Balaban J connectivity index is 1.64. The third-order valence-electron chi connectivity index (χ3n) is 5.01. The molecule has 1 fully saturated rings. The summed E-state index contributed by atoms with van der Waals surface area (Å²) in [6.45, 7) is 1.10. The van der Waals surface area contributed by atoms with Gasteiger partial charge in [0.05, 0.1) is 5.92 Å². The molecule has 0 bridgehead atoms. The van der Waals surface area contributed by atoms with Crippen LogP contribution in [0.25, 0.3) is 11.1 Å². The van der Waals surface area contributed by atoms with Crippen LogP contribution in [0.1, 0.15) is 18.4 Å². The van der Waals surface area contributed by atoms with Crippen LogP contribution in [0.5, 0.6) is 0 Å². The van der Waals surface area contributed by atoms with Crippen molar-refractivity contribution in [3.63, 3.8) is 0 Å². The first-order chi connectivity index (χ1) is 13.8. The van der Waals surface area contributed by atoms with Crippen LogP contribution in [0, 0.1) is 5.82 Å². The molecule has 29 heavy (non-hydrogen) atoms. The number of halogens is 1. The first-order valence-corrected chi connectivity index (χ1v) is 9.19. The number of aliphatic hydroxyl groups excluding tert-OH is 4. The molecule has 0 aromatic heterocycles. The minimum atomic E-state index is -1.71. The molecule has 3 unspecified atom stereocenters. The smallest absolute Gasteiger partial charge is 0.313 e. The van der Waals surface area contributed by atoms with E-state index in [4.69, 9.17) is 9.47 Å². The van der Waals surface area contributed by atoms with Gasteiger partial charge in [0.1, 0.15) is 36.8 Å². The second-order valence-electron chi connectivity index (χ2n) is 6.99. The monoisotopic (exact) mass is 406 g/mol. The Kier molecular flexibility index (Phi) is 6.61. The van der Waals surface area contributed by atoms with E-state index in [-0.39, 0.29) is 0 Å². The summed E-state index contributed by atoms with van der Waals surface area (Å²) in [6.07, 6.45) is -7.77. The van der Waals surface area contributed by atoms with Gasteiger partial charge in [-0.2, -0.15) is 0 Å². The van der Waals surface area contributed by atoms with E-state index in [1.807, 2.05) is 6.07 Å². The lowest BCUT2D eigenvalue weighted by Crippen LogP contribution is -2.58. The van der Waals surface area contributed by atoms with E-state index >= 15 is 0 Å². The molecule has 2 aromatic rings. The molecule has 1 saturated heterocycles. The molecule has 6 atom stereocenters. The van der Waals surface area contributed by atoms with Gasteiger partial charge in [-0.05, 0) is 24.1 Å². The van der Waals surface area contributed by atoms with Gasteiger partial charge in [-0.1, -0.05) is 42.5 Å². The molecule has 1 heterocycles. The average molecular weight is 406 g/mol. The highest BCUT2D eigenvalue weighted by Crippen LogP contribution is 2.27. The molecule has 1 aliphatic heterocycles. The van der Waals surface area contributed by atoms with E-state index in [1.54, 1.807) is 43.3 Å². The van der Waals surface area contributed by atoms with Crippen molar-refractivity contribution in [3.8, 4) is 11.1 Å². The zero-order valence-electron chi connectivity index (χ0n) is 15.7. The highest BCUT2D eigenvalue weighted by molar-refractivity contribution is 5.78. The lowest BCUT2D eigenvalue weighted by atomic mass is 9.97. The molecule has 0 saturated carbocycles. The van der Waals surface area contributed by atoms with E-state index < -0.39 is 55.0 Å². The van der Waals surface area contributed by atoms with Gasteiger partial charge >= 0.3 is 5.97 Å². The summed E-state index contributed by atoms with van der Waals surface area (Å²) < 4.78 is 24.6. The van der Waals surface area contributed by atoms with Gasteiger partial charge in [0.25, 0.3) is 0 Å². The fourth-order valence-electron chi connectivity index (χ4n) is 3.15. The summed E-state index contributed by atoms with van der Waals surface area (Å²) >= 11 is 0. The topological polar surface area (TPSA) is 116 Å². The molecule has 7 nitrogen and oxygen atoms in total. The van der Waals surface area contributed by atoms with Gasteiger partial charge in [0.15, 0.2) is 6.29 Å². The molecule has 0 radical (unpaired) electrons. The minimum Gasteiger partial charge on any atom is -0.462 e. The second kappa shape index (κ2) is 8.98. The van der Waals surface area contributed by atoms with Gasteiger partial charge < -0.3 is 29.9 Å². The molecule has 0 amide bonds. The maximum atomic E-state index is 14.5. The number of esters is 1. The van der Waals surface area contributed by atoms with Gasteiger partial charge in [0, 0.05) is 5.56 Å². The Hall–Kier alpha value is -2.36. The molecule has 0 aliphatic carbocycles. The van der Waals surface area contributed by atoms with Crippen LogP contribution in [-0.2, 0) is 14.3 Å². The molecule has 2 aromatic carbocycles. The average Bonchev–Trinajstić information content (AvgIpc) is 2.73. The highest BCUT2D eigenvalue weighted by atomic mass is 19.1. The molecule has 3 rings (SSSR count). The first kappa shape index (κ1) is 21.4. The van der Waals surface area contributed by atoms with E-state index in [0.717, 1.165) is 5.56 Å². The largest absolute Gasteiger partial charge is 0.462 e. The van der Waals surface area contributed by atoms with Gasteiger partial charge in [-0.15, -0.1) is 0 Å². The van der Waals surface area contributed by atoms with Crippen LogP contribution in [0.4, 0.5) is 4.39 Å². The van der Waals surface area contributed by atoms with Crippen molar-refractivity contribution in [1.29, 1.82) is 0 Å². The molecule has 4 N–H and O–H groups in total. The van der Waals surface area contributed by atoms with Gasteiger partial charge in [-0.25, -0.2) is 4.39 Å². The summed E-state index contributed by atoms with van der Waals surface area (Å²) in [7, 11) is 0. The molecular weight excluding hydrogens is 383 g/mol. The SMILES string of the molecule is CC(C(=O)OCC1O[C@@H](O)C(O)[C@@H](O)[C@H]1O)c1ccc(-c2ccccc2)c(F)c1. The van der Waals surface area contributed by atoms with E-state index in [1.165, 1.54) is 6.07 Å². The number of benzene rings is 2. The molecule has 156 valence electrons. The first-order valence-electron chi connectivity index (χ1n) is 9.19. The predicted molar refractivity (Wildman–Crippen MR) is 100 cm³/mol. The van der Waals surface area contributed by atoms with Crippen molar-refractivity contribution >= 4 is 5.97 Å². The third-order valence-corrected chi connectivity index (χ3v) is 5.01. The van der Waals surface area contributed by atoms with Crippen molar-refractivity contribution in [1.82, 2.24) is 0 Å². The second-order valence-corrected chi connectivity index (χ2v) is 6.99. The van der Waals surface area contributed by atoms with Crippen LogP contribution in [-0.4, -0.2) is 63.7 Å². The van der Waals surface area contributed by atoms with Crippen molar-refractivity contribution in [2.75, 3.05) is 6.61 Å². The summed E-state index contributed by atoms with van der Waals surface area (Å²) in [5.41, 5.74) is 1.54. The zero-order chi connectivity index (χ0) is 21.1. The number of aliphatic hydroxyl groups is 4. The van der Waals surface area contributed by atoms with E-state index in [2.05, 4.69) is 0 Å². The van der Waals surface area contributed by atoms with Crippen molar-refractivity contribution < 1.29 is 39.1 Å².